The highest BCUT2D eigenvalue weighted by atomic mass is 35.5. The van der Waals surface area contributed by atoms with Crippen molar-refractivity contribution in [3.63, 3.8) is 0 Å². The summed E-state index contributed by atoms with van der Waals surface area (Å²) in [6.45, 7) is 4.43. The standard InChI is InChI=1S/C23H25ClN4/c1-26-11-13-28(14-12-26)18-6-3-16(4-7-18)17-5-8-21-19(15-17)22-20(24)9-10-25-23(22)27(21)2/h3-10,15,23,25H,11-14H2,1-2H3. The van der Waals surface area contributed by atoms with Gasteiger partial charge in [0.15, 0.2) is 0 Å². The largest absolute Gasteiger partial charge is 0.369 e. The maximum Gasteiger partial charge on any atom is 0.127 e. The minimum Gasteiger partial charge on any atom is -0.369 e. The van der Waals surface area contributed by atoms with Gasteiger partial charge in [0.1, 0.15) is 6.17 Å². The van der Waals surface area contributed by atoms with Gasteiger partial charge in [0, 0.05) is 60.8 Å². The van der Waals surface area contributed by atoms with E-state index in [2.05, 4.69) is 76.6 Å². The van der Waals surface area contributed by atoms with Crippen LogP contribution in [0.15, 0.2) is 59.8 Å². The summed E-state index contributed by atoms with van der Waals surface area (Å²) in [6, 6.07) is 15.7. The molecule has 28 heavy (non-hydrogen) atoms. The highest BCUT2D eigenvalue weighted by molar-refractivity contribution is 6.35. The van der Waals surface area contributed by atoms with Crippen molar-refractivity contribution in [1.82, 2.24) is 10.2 Å². The molecule has 0 aromatic heterocycles. The Bertz CT molecular complexity index is 955. The van der Waals surface area contributed by atoms with E-state index in [9.17, 15) is 0 Å². The number of rotatable bonds is 2. The molecule has 5 heteroatoms. The summed E-state index contributed by atoms with van der Waals surface area (Å²) in [5.41, 5.74) is 7.37. The van der Waals surface area contributed by atoms with Crippen molar-refractivity contribution in [1.29, 1.82) is 0 Å². The third-order valence-electron chi connectivity index (χ3n) is 6.14. The van der Waals surface area contributed by atoms with Crippen molar-refractivity contribution in [2.75, 3.05) is 50.1 Å². The van der Waals surface area contributed by atoms with E-state index < -0.39 is 0 Å². The lowest BCUT2D eigenvalue weighted by atomic mass is 9.98. The van der Waals surface area contributed by atoms with Gasteiger partial charge in [0.2, 0.25) is 0 Å². The van der Waals surface area contributed by atoms with Crippen molar-refractivity contribution in [2.45, 2.75) is 6.17 Å². The maximum absolute atomic E-state index is 6.54. The van der Waals surface area contributed by atoms with Gasteiger partial charge in [0.25, 0.3) is 0 Å². The number of fused-ring (bicyclic) bond motifs is 3. The summed E-state index contributed by atoms with van der Waals surface area (Å²) >= 11 is 6.54. The number of halogens is 1. The zero-order valence-electron chi connectivity index (χ0n) is 16.3. The number of dihydropyridines is 1. The number of nitrogens with zero attached hydrogens (tertiary/aromatic N) is 3. The fourth-order valence-electron chi connectivity index (χ4n) is 4.40. The number of likely N-dealkylation sites (N-methyl/N-ethyl adjacent to an activating group) is 2. The van der Waals surface area contributed by atoms with Gasteiger partial charge in [-0.2, -0.15) is 0 Å². The molecular weight excluding hydrogens is 368 g/mol. The zero-order chi connectivity index (χ0) is 19.3. The Labute approximate surface area is 171 Å². The van der Waals surface area contributed by atoms with Crippen molar-refractivity contribution in [3.05, 3.63) is 65.3 Å². The minimum absolute atomic E-state index is 0.113. The minimum atomic E-state index is 0.113. The van der Waals surface area contributed by atoms with Gasteiger partial charge in [-0.15, -0.1) is 0 Å². The summed E-state index contributed by atoms with van der Waals surface area (Å²) < 4.78 is 0. The first-order valence-corrected chi connectivity index (χ1v) is 10.2. The van der Waals surface area contributed by atoms with E-state index in [1.165, 1.54) is 28.1 Å². The number of hydrogen-bond donors (Lipinski definition) is 1. The van der Waals surface area contributed by atoms with E-state index >= 15 is 0 Å². The van der Waals surface area contributed by atoms with Crippen molar-refractivity contribution < 1.29 is 0 Å². The summed E-state index contributed by atoms with van der Waals surface area (Å²) in [5.74, 6) is 0. The molecule has 2 aromatic carbocycles. The predicted molar refractivity (Wildman–Crippen MR) is 119 cm³/mol. The first-order valence-electron chi connectivity index (χ1n) is 9.85. The van der Waals surface area contributed by atoms with Gasteiger partial charge >= 0.3 is 0 Å². The lowest BCUT2D eigenvalue weighted by Crippen LogP contribution is -2.44. The van der Waals surface area contributed by atoms with Crippen LogP contribution in [0.5, 0.6) is 0 Å². The van der Waals surface area contributed by atoms with E-state index in [1.54, 1.807) is 0 Å². The first-order chi connectivity index (χ1) is 13.6. The predicted octanol–water partition coefficient (Wildman–Crippen LogP) is 3.95. The fourth-order valence-corrected chi connectivity index (χ4v) is 4.67. The first kappa shape index (κ1) is 17.7. The van der Waals surface area contributed by atoms with Gasteiger partial charge in [-0.25, -0.2) is 0 Å². The molecule has 2 aromatic rings. The smallest absolute Gasteiger partial charge is 0.127 e. The number of anilines is 2. The average Bonchev–Trinajstić information content (AvgIpc) is 3.02. The third kappa shape index (κ3) is 2.88. The van der Waals surface area contributed by atoms with Crippen LogP contribution in [0, 0.1) is 0 Å². The van der Waals surface area contributed by atoms with Crippen LogP contribution < -0.4 is 15.1 Å². The van der Waals surface area contributed by atoms with Crippen LogP contribution in [0.4, 0.5) is 11.4 Å². The van der Waals surface area contributed by atoms with Gasteiger partial charge in [-0.3, -0.25) is 0 Å². The Kier molecular flexibility index (Phi) is 4.33. The van der Waals surface area contributed by atoms with E-state index in [-0.39, 0.29) is 6.17 Å². The molecule has 3 aliphatic rings. The van der Waals surface area contributed by atoms with Crippen LogP contribution >= 0.6 is 11.6 Å². The monoisotopic (exact) mass is 392 g/mol. The molecule has 4 nitrogen and oxygen atoms in total. The normalized spacial score (nSPS) is 21.6. The van der Waals surface area contributed by atoms with Gasteiger partial charge in [0.05, 0.1) is 0 Å². The van der Waals surface area contributed by atoms with Crippen molar-refractivity contribution in [2.24, 2.45) is 0 Å². The molecule has 0 radical (unpaired) electrons. The Morgan fingerprint density at radius 3 is 2.39 bits per heavy atom. The molecular formula is C23H25ClN4. The van der Waals surface area contributed by atoms with Crippen LogP contribution in [0.1, 0.15) is 5.56 Å². The molecule has 3 aliphatic heterocycles. The van der Waals surface area contributed by atoms with Gasteiger partial charge < -0.3 is 20.0 Å². The number of nitrogens with one attached hydrogen (secondary N) is 1. The third-order valence-corrected chi connectivity index (χ3v) is 6.47. The Morgan fingerprint density at radius 2 is 1.64 bits per heavy atom. The van der Waals surface area contributed by atoms with Crippen LogP contribution in [-0.2, 0) is 0 Å². The van der Waals surface area contributed by atoms with Gasteiger partial charge in [-0.05, 0) is 54.7 Å². The van der Waals surface area contributed by atoms with Gasteiger partial charge in [-0.1, -0.05) is 29.8 Å². The average molecular weight is 393 g/mol. The van der Waals surface area contributed by atoms with Crippen molar-refractivity contribution in [3.8, 4) is 11.1 Å². The topological polar surface area (TPSA) is 21.8 Å². The molecule has 1 atom stereocenters. The Balaban J connectivity index is 1.45. The lowest BCUT2D eigenvalue weighted by molar-refractivity contribution is 0.313. The lowest BCUT2D eigenvalue weighted by Gasteiger charge is -2.34. The van der Waals surface area contributed by atoms with Crippen LogP contribution in [0.3, 0.4) is 0 Å². The second-order valence-electron chi connectivity index (χ2n) is 7.84. The number of hydrogen-bond acceptors (Lipinski definition) is 4. The van der Waals surface area contributed by atoms with Crippen LogP contribution in [0.2, 0.25) is 0 Å². The Hall–Kier alpha value is -2.43. The number of benzene rings is 2. The summed E-state index contributed by atoms with van der Waals surface area (Å²) in [7, 11) is 4.30. The molecule has 5 rings (SSSR count). The molecule has 1 fully saturated rings. The highest BCUT2D eigenvalue weighted by Crippen LogP contribution is 2.44. The molecule has 0 spiro atoms. The SMILES string of the molecule is CN1CCN(c2ccc(-c3ccc4c(c3)C3=C(Cl)C=CNC3N4C)cc2)CC1. The molecule has 144 valence electrons. The molecule has 1 unspecified atom stereocenters. The molecule has 0 bridgehead atoms. The van der Waals surface area contributed by atoms with E-state index in [4.69, 9.17) is 11.6 Å². The highest BCUT2D eigenvalue weighted by Gasteiger charge is 2.34. The molecule has 3 heterocycles. The van der Waals surface area contributed by atoms with E-state index in [1.807, 2.05) is 12.3 Å². The second kappa shape index (κ2) is 6.87. The maximum atomic E-state index is 6.54. The number of allylic oxidation sites excluding steroid dienone is 2. The molecule has 0 amide bonds. The fraction of sp³-hybridized carbons (Fsp3) is 0.304. The summed E-state index contributed by atoms with van der Waals surface area (Å²) in [5, 5.41) is 4.22. The van der Waals surface area contributed by atoms with Crippen LogP contribution in [-0.4, -0.2) is 51.3 Å². The Morgan fingerprint density at radius 1 is 0.929 bits per heavy atom. The van der Waals surface area contributed by atoms with E-state index in [0.29, 0.717) is 0 Å². The molecule has 0 saturated carbocycles. The molecule has 0 aliphatic carbocycles. The quantitative estimate of drug-likeness (QED) is 0.835. The van der Waals surface area contributed by atoms with E-state index in [0.717, 1.165) is 36.8 Å². The van der Waals surface area contributed by atoms with Crippen molar-refractivity contribution >= 4 is 28.5 Å². The van der Waals surface area contributed by atoms with Crippen LogP contribution in [0.25, 0.3) is 16.7 Å². The second-order valence-corrected chi connectivity index (χ2v) is 8.25. The molecule has 1 saturated heterocycles. The number of piperazine rings is 1. The molecule has 1 N–H and O–H groups in total. The summed E-state index contributed by atoms with van der Waals surface area (Å²) in [4.78, 5) is 7.10. The zero-order valence-corrected chi connectivity index (χ0v) is 17.1. The summed E-state index contributed by atoms with van der Waals surface area (Å²) in [6.07, 6.45) is 3.98.